The van der Waals surface area contributed by atoms with Gasteiger partial charge in [-0.25, -0.2) is 0 Å². The lowest BCUT2D eigenvalue weighted by atomic mass is 10.1. The van der Waals surface area contributed by atoms with Crippen molar-refractivity contribution in [2.75, 3.05) is 32.8 Å². The summed E-state index contributed by atoms with van der Waals surface area (Å²) >= 11 is 0. The molecule has 0 aliphatic carbocycles. The van der Waals surface area contributed by atoms with Crippen LogP contribution in [0.4, 0.5) is 0 Å². The predicted octanol–water partition coefficient (Wildman–Crippen LogP) is 2.94. The second-order valence-corrected chi connectivity index (χ2v) is 6.52. The normalized spacial score (nSPS) is 13.1. The van der Waals surface area contributed by atoms with Crippen LogP contribution in [-0.4, -0.2) is 38.8 Å². The number of aliphatic imine (C=N–C) groups is 1. The van der Waals surface area contributed by atoms with Gasteiger partial charge in [-0.1, -0.05) is 42.5 Å². The van der Waals surface area contributed by atoms with Crippen LogP contribution < -0.4 is 15.4 Å². The van der Waals surface area contributed by atoms with Gasteiger partial charge in [-0.15, -0.1) is 0 Å². The van der Waals surface area contributed by atoms with Crippen molar-refractivity contribution in [1.29, 1.82) is 0 Å². The van der Waals surface area contributed by atoms with Crippen molar-refractivity contribution in [2.24, 2.45) is 4.99 Å². The van der Waals surface area contributed by atoms with Crippen molar-refractivity contribution in [3.8, 4) is 5.75 Å². The van der Waals surface area contributed by atoms with Gasteiger partial charge in [-0.05, 0) is 36.1 Å². The molecule has 0 fully saturated rings. The van der Waals surface area contributed by atoms with E-state index in [2.05, 4.69) is 52.9 Å². The quantitative estimate of drug-likeness (QED) is 0.406. The highest BCUT2D eigenvalue weighted by atomic mass is 16.5. The topological polar surface area (TPSA) is 54.9 Å². The van der Waals surface area contributed by atoms with E-state index >= 15 is 0 Å². The molecule has 5 heteroatoms. The van der Waals surface area contributed by atoms with Crippen LogP contribution in [0.15, 0.2) is 53.5 Å². The van der Waals surface area contributed by atoms with E-state index in [1.54, 1.807) is 0 Å². The fourth-order valence-corrected chi connectivity index (χ4v) is 3.05. The molecule has 0 spiro atoms. The maximum Gasteiger partial charge on any atom is 0.191 e. The summed E-state index contributed by atoms with van der Waals surface area (Å²) in [6.45, 7) is 6.43. The molecule has 0 saturated heterocycles. The number of hydrogen-bond donors (Lipinski definition) is 2. The first kappa shape index (κ1) is 19.2. The van der Waals surface area contributed by atoms with Crippen molar-refractivity contribution in [3.05, 3.63) is 65.2 Å². The average molecular weight is 367 g/mol. The minimum absolute atomic E-state index is 0.607. The highest BCUT2D eigenvalue weighted by Gasteiger charge is 2.11. The molecule has 2 aromatic rings. The van der Waals surface area contributed by atoms with Crippen LogP contribution in [0.25, 0.3) is 0 Å². The molecular weight excluding hydrogens is 338 g/mol. The first-order valence-electron chi connectivity index (χ1n) is 9.73. The van der Waals surface area contributed by atoms with Gasteiger partial charge in [0.05, 0.1) is 26.4 Å². The summed E-state index contributed by atoms with van der Waals surface area (Å²) < 4.78 is 11.3. The highest BCUT2D eigenvalue weighted by molar-refractivity contribution is 5.79. The molecule has 3 rings (SSSR count). The number of nitrogens with zero attached hydrogens (tertiary/aromatic N) is 1. The van der Waals surface area contributed by atoms with Crippen molar-refractivity contribution >= 4 is 5.96 Å². The van der Waals surface area contributed by atoms with E-state index < -0.39 is 0 Å². The standard InChI is InChI=1S/C22H29N3O2/c1-2-23-22(25-13-15-26-17-19-6-4-3-5-7-19)24-12-10-18-8-9-21-20(16-18)11-14-27-21/h3-9,16H,2,10-15,17H2,1H3,(H2,23,24,25). The van der Waals surface area contributed by atoms with Gasteiger partial charge in [-0.3, -0.25) is 4.99 Å². The van der Waals surface area contributed by atoms with Gasteiger partial charge < -0.3 is 20.1 Å². The minimum Gasteiger partial charge on any atom is -0.493 e. The van der Waals surface area contributed by atoms with Gasteiger partial charge in [0.15, 0.2) is 5.96 Å². The summed E-state index contributed by atoms with van der Waals surface area (Å²) in [5, 5.41) is 6.68. The lowest BCUT2D eigenvalue weighted by Crippen LogP contribution is -2.38. The van der Waals surface area contributed by atoms with E-state index in [1.807, 2.05) is 18.2 Å². The molecule has 2 N–H and O–H groups in total. The Bertz CT molecular complexity index is 732. The number of fused-ring (bicyclic) bond motifs is 1. The van der Waals surface area contributed by atoms with E-state index in [4.69, 9.17) is 9.47 Å². The molecule has 0 amide bonds. The fourth-order valence-electron chi connectivity index (χ4n) is 3.05. The Labute approximate surface area is 161 Å². The third-order valence-electron chi connectivity index (χ3n) is 4.42. The van der Waals surface area contributed by atoms with Crippen LogP contribution in [0, 0.1) is 0 Å². The Hall–Kier alpha value is -2.53. The van der Waals surface area contributed by atoms with Crippen LogP contribution in [0.2, 0.25) is 0 Å². The van der Waals surface area contributed by atoms with E-state index in [0.29, 0.717) is 19.8 Å². The predicted molar refractivity (Wildman–Crippen MR) is 109 cm³/mol. The number of ether oxygens (including phenoxy) is 2. The minimum atomic E-state index is 0.607. The molecule has 0 saturated carbocycles. The zero-order chi connectivity index (χ0) is 18.7. The summed E-state index contributed by atoms with van der Waals surface area (Å²) in [4.78, 5) is 4.58. The number of hydrogen-bond acceptors (Lipinski definition) is 3. The van der Waals surface area contributed by atoms with E-state index in [-0.39, 0.29) is 0 Å². The number of guanidine groups is 1. The Morgan fingerprint density at radius 2 is 2.00 bits per heavy atom. The van der Waals surface area contributed by atoms with Gasteiger partial charge in [0.25, 0.3) is 0 Å². The monoisotopic (exact) mass is 367 g/mol. The Balaban J connectivity index is 1.38. The van der Waals surface area contributed by atoms with Gasteiger partial charge in [0.1, 0.15) is 5.75 Å². The second kappa shape index (κ2) is 10.6. The molecule has 2 aromatic carbocycles. The molecule has 0 unspecified atom stereocenters. The molecule has 27 heavy (non-hydrogen) atoms. The van der Waals surface area contributed by atoms with E-state index in [1.165, 1.54) is 16.7 Å². The molecular formula is C22H29N3O2. The van der Waals surface area contributed by atoms with E-state index in [0.717, 1.165) is 44.2 Å². The van der Waals surface area contributed by atoms with Crippen LogP contribution >= 0.6 is 0 Å². The first-order chi connectivity index (χ1) is 13.3. The van der Waals surface area contributed by atoms with Crippen molar-refractivity contribution in [2.45, 2.75) is 26.4 Å². The third kappa shape index (κ3) is 6.29. The van der Waals surface area contributed by atoms with Crippen molar-refractivity contribution < 1.29 is 9.47 Å². The van der Waals surface area contributed by atoms with Crippen molar-refractivity contribution in [3.63, 3.8) is 0 Å². The summed E-state index contributed by atoms with van der Waals surface area (Å²) in [5.41, 5.74) is 3.84. The number of benzene rings is 2. The maximum absolute atomic E-state index is 5.69. The van der Waals surface area contributed by atoms with Gasteiger partial charge >= 0.3 is 0 Å². The highest BCUT2D eigenvalue weighted by Crippen LogP contribution is 2.25. The first-order valence-corrected chi connectivity index (χ1v) is 9.73. The van der Waals surface area contributed by atoms with Crippen LogP contribution in [0.5, 0.6) is 5.75 Å². The van der Waals surface area contributed by atoms with Crippen LogP contribution in [0.1, 0.15) is 23.6 Å². The number of nitrogens with one attached hydrogen (secondary N) is 2. The Kier molecular flexibility index (Phi) is 7.54. The Morgan fingerprint density at radius 1 is 1.11 bits per heavy atom. The second-order valence-electron chi connectivity index (χ2n) is 6.52. The van der Waals surface area contributed by atoms with Crippen LogP contribution in [0.3, 0.4) is 0 Å². The summed E-state index contributed by atoms with van der Waals surface area (Å²) in [6.07, 6.45) is 1.98. The van der Waals surface area contributed by atoms with Gasteiger partial charge in [0, 0.05) is 19.5 Å². The maximum atomic E-state index is 5.69. The Morgan fingerprint density at radius 3 is 2.85 bits per heavy atom. The van der Waals surface area contributed by atoms with Gasteiger partial charge in [-0.2, -0.15) is 0 Å². The smallest absolute Gasteiger partial charge is 0.191 e. The largest absolute Gasteiger partial charge is 0.493 e. The van der Waals surface area contributed by atoms with Crippen molar-refractivity contribution in [1.82, 2.24) is 10.6 Å². The molecule has 1 heterocycles. The summed E-state index contributed by atoms with van der Waals surface area (Å²) in [7, 11) is 0. The average Bonchev–Trinajstić information content (AvgIpc) is 3.16. The molecule has 0 bridgehead atoms. The molecule has 0 aromatic heterocycles. The lowest BCUT2D eigenvalue weighted by Gasteiger charge is -2.12. The molecule has 144 valence electrons. The molecule has 1 aliphatic rings. The third-order valence-corrected chi connectivity index (χ3v) is 4.42. The lowest BCUT2D eigenvalue weighted by molar-refractivity contribution is 0.128. The molecule has 0 atom stereocenters. The summed E-state index contributed by atoms with van der Waals surface area (Å²) in [6, 6.07) is 16.7. The molecule has 1 aliphatic heterocycles. The number of rotatable bonds is 9. The zero-order valence-corrected chi connectivity index (χ0v) is 16.0. The fraction of sp³-hybridized carbons (Fsp3) is 0.409. The molecule has 5 nitrogen and oxygen atoms in total. The van der Waals surface area contributed by atoms with Gasteiger partial charge in [0.2, 0.25) is 0 Å². The van der Waals surface area contributed by atoms with Crippen LogP contribution in [-0.2, 0) is 24.2 Å². The zero-order valence-electron chi connectivity index (χ0n) is 16.0. The van der Waals surface area contributed by atoms with E-state index in [9.17, 15) is 0 Å². The SMILES string of the molecule is CCNC(=NCCOCc1ccccc1)NCCc1ccc2c(c1)CCO2. The molecule has 0 radical (unpaired) electrons. The summed E-state index contributed by atoms with van der Waals surface area (Å²) in [5.74, 6) is 1.88.